The highest BCUT2D eigenvalue weighted by molar-refractivity contribution is 6.16. The van der Waals surface area contributed by atoms with Gasteiger partial charge in [0.2, 0.25) is 0 Å². The summed E-state index contributed by atoms with van der Waals surface area (Å²) in [7, 11) is 0. The number of aromatic nitrogens is 4. The number of nitrogens with one attached hydrogen (secondary N) is 1. The monoisotopic (exact) mass is 326 g/mol. The van der Waals surface area contributed by atoms with E-state index in [9.17, 15) is 0 Å². The molecule has 4 heterocycles. The fraction of sp³-hybridized carbons (Fsp3) is 0.250. The molecule has 1 N–H and O–H groups in total. The maximum absolute atomic E-state index is 5.93. The number of rotatable bonds is 3. The lowest BCUT2D eigenvalue weighted by Gasteiger charge is -2.13. The predicted molar refractivity (Wildman–Crippen MR) is 89.9 cm³/mol. The molecule has 1 aliphatic rings. The first-order chi connectivity index (χ1) is 11.3. The van der Waals surface area contributed by atoms with E-state index in [-0.39, 0.29) is 5.88 Å². The first-order valence-corrected chi connectivity index (χ1v) is 7.95. The number of hydrogen-bond donors (Lipinski definition) is 1. The normalized spacial score (nSPS) is 14.1. The second kappa shape index (κ2) is 5.62. The minimum atomic E-state index is 0.280. The van der Waals surface area contributed by atoms with Crippen LogP contribution < -0.4 is 5.32 Å². The summed E-state index contributed by atoms with van der Waals surface area (Å²) in [5.41, 5.74) is 4.78. The van der Waals surface area contributed by atoms with Crippen LogP contribution in [0.25, 0.3) is 16.8 Å². The number of hydrogen-bond acceptors (Lipinski definition) is 5. The second-order valence-corrected chi connectivity index (χ2v) is 5.64. The molecule has 0 spiro atoms. The molecule has 0 fully saturated rings. The third-order valence-corrected chi connectivity index (χ3v) is 4.07. The van der Waals surface area contributed by atoms with Gasteiger partial charge >= 0.3 is 0 Å². The van der Waals surface area contributed by atoms with Crippen LogP contribution in [0.4, 0.5) is 0 Å². The molecule has 0 bridgehead atoms. The third-order valence-electron chi connectivity index (χ3n) is 3.83. The largest absolute Gasteiger partial charge is 0.368 e. The van der Waals surface area contributed by atoms with Gasteiger partial charge in [-0.1, -0.05) is 6.07 Å². The van der Waals surface area contributed by atoms with Crippen LogP contribution in [0.15, 0.2) is 35.6 Å². The highest BCUT2D eigenvalue weighted by Crippen LogP contribution is 2.28. The third kappa shape index (κ3) is 2.35. The molecule has 0 aromatic carbocycles. The number of amidine groups is 1. The van der Waals surface area contributed by atoms with Crippen LogP contribution >= 0.6 is 11.6 Å². The van der Waals surface area contributed by atoms with Gasteiger partial charge in [-0.05, 0) is 24.6 Å². The molecule has 23 heavy (non-hydrogen) atoms. The lowest BCUT2D eigenvalue weighted by Crippen LogP contribution is -2.21. The molecular weight excluding hydrogens is 312 g/mol. The number of nitrogens with zero attached hydrogens (tertiary/aromatic N) is 5. The van der Waals surface area contributed by atoms with E-state index in [1.54, 1.807) is 6.20 Å². The summed E-state index contributed by atoms with van der Waals surface area (Å²) in [5.74, 6) is 1.74. The van der Waals surface area contributed by atoms with Crippen molar-refractivity contribution in [2.45, 2.75) is 12.8 Å². The van der Waals surface area contributed by atoms with Crippen molar-refractivity contribution in [1.82, 2.24) is 24.9 Å². The van der Waals surface area contributed by atoms with E-state index in [1.807, 2.05) is 29.8 Å². The molecule has 0 saturated heterocycles. The summed E-state index contributed by atoms with van der Waals surface area (Å²) in [6.07, 6.45) is 3.62. The van der Waals surface area contributed by atoms with E-state index >= 15 is 0 Å². The molecule has 0 amide bonds. The number of aryl methyl sites for hydroxylation is 1. The maximum atomic E-state index is 5.93. The summed E-state index contributed by atoms with van der Waals surface area (Å²) in [6.45, 7) is 3.60. The first kappa shape index (κ1) is 14.1. The number of halogens is 1. The van der Waals surface area contributed by atoms with Gasteiger partial charge in [0.25, 0.3) is 0 Å². The average Bonchev–Trinajstić information content (AvgIpc) is 3.25. The molecule has 3 aromatic rings. The second-order valence-electron chi connectivity index (χ2n) is 5.37. The van der Waals surface area contributed by atoms with Crippen molar-refractivity contribution < 1.29 is 0 Å². The molecular formula is C16H15ClN6. The molecule has 0 unspecified atom stereocenters. The Bertz CT molecular complexity index is 900. The SMILES string of the molecule is Cc1cc(-c2cccnc2)c(C2=NCCN2)c2nc(CCl)nn12. The zero-order valence-electron chi connectivity index (χ0n) is 12.6. The van der Waals surface area contributed by atoms with Crippen LogP contribution in [0.2, 0.25) is 0 Å². The number of pyridine rings is 2. The molecule has 3 aromatic heterocycles. The van der Waals surface area contributed by atoms with Gasteiger partial charge in [0.1, 0.15) is 5.84 Å². The van der Waals surface area contributed by atoms with Crippen molar-refractivity contribution in [3.8, 4) is 11.1 Å². The van der Waals surface area contributed by atoms with Crippen LogP contribution in [-0.2, 0) is 5.88 Å². The van der Waals surface area contributed by atoms with Crippen molar-refractivity contribution in [2.24, 2.45) is 4.99 Å². The molecule has 0 aliphatic carbocycles. The van der Waals surface area contributed by atoms with Gasteiger partial charge in [-0.2, -0.15) is 0 Å². The lowest BCUT2D eigenvalue weighted by atomic mass is 10.0. The maximum Gasteiger partial charge on any atom is 0.167 e. The molecule has 116 valence electrons. The minimum Gasteiger partial charge on any atom is -0.368 e. The highest BCUT2D eigenvalue weighted by Gasteiger charge is 2.21. The van der Waals surface area contributed by atoms with E-state index in [0.717, 1.165) is 47.0 Å². The summed E-state index contributed by atoms with van der Waals surface area (Å²) >= 11 is 5.93. The van der Waals surface area contributed by atoms with Crippen LogP contribution in [0.5, 0.6) is 0 Å². The fourth-order valence-corrected chi connectivity index (χ4v) is 2.94. The smallest absolute Gasteiger partial charge is 0.167 e. The van der Waals surface area contributed by atoms with Gasteiger partial charge in [-0.3, -0.25) is 9.98 Å². The van der Waals surface area contributed by atoms with Gasteiger partial charge in [-0.15, -0.1) is 16.7 Å². The highest BCUT2D eigenvalue weighted by atomic mass is 35.5. The summed E-state index contributed by atoms with van der Waals surface area (Å²) < 4.78 is 1.83. The number of fused-ring (bicyclic) bond motifs is 1. The predicted octanol–water partition coefficient (Wildman–Crippen LogP) is 2.19. The molecule has 0 atom stereocenters. The van der Waals surface area contributed by atoms with Crippen LogP contribution in [0.1, 0.15) is 17.1 Å². The van der Waals surface area contributed by atoms with Crippen molar-refractivity contribution in [2.75, 3.05) is 13.1 Å². The average molecular weight is 327 g/mol. The lowest BCUT2D eigenvalue weighted by molar-refractivity contribution is 0.885. The van der Waals surface area contributed by atoms with Gasteiger partial charge in [-0.25, -0.2) is 9.50 Å². The summed E-state index contributed by atoms with van der Waals surface area (Å²) in [4.78, 5) is 13.4. The molecule has 7 heteroatoms. The number of aliphatic imine (C=N–C) groups is 1. The number of alkyl halides is 1. The quantitative estimate of drug-likeness (QED) is 0.749. The zero-order chi connectivity index (χ0) is 15.8. The van der Waals surface area contributed by atoms with E-state index in [2.05, 4.69) is 31.4 Å². The van der Waals surface area contributed by atoms with Gasteiger partial charge in [0.15, 0.2) is 11.5 Å². The summed E-state index contributed by atoms with van der Waals surface area (Å²) in [6, 6.07) is 6.06. The van der Waals surface area contributed by atoms with E-state index in [1.165, 1.54) is 0 Å². The van der Waals surface area contributed by atoms with Crippen molar-refractivity contribution >= 4 is 23.1 Å². The summed E-state index contributed by atoms with van der Waals surface area (Å²) in [5, 5.41) is 7.81. The Labute approximate surface area is 138 Å². The van der Waals surface area contributed by atoms with Gasteiger partial charge < -0.3 is 5.32 Å². The zero-order valence-corrected chi connectivity index (χ0v) is 13.4. The van der Waals surface area contributed by atoms with Gasteiger partial charge in [0, 0.05) is 30.2 Å². The van der Waals surface area contributed by atoms with Gasteiger partial charge in [0.05, 0.1) is 18.0 Å². The van der Waals surface area contributed by atoms with Crippen molar-refractivity contribution in [3.63, 3.8) is 0 Å². The Morgan fingerprint density at radius 2 is 2.30 bits per heavy atom. The molecule has 0 saturated carbocycles. The Morgan fingerprint density at radius 3 is 3.00 bits per heavy atom. The Kier molecular flexibility index (Phi) is 3.46. The molecule has 0 radical (unpaired) electrons. The first-order valence-electron chi connectivity index (χ1n) is 7.42. The van der Waals surface area contributed by atoms with Crippen molar-refractivity contribution in [1.29, 1.82) is 0 Å². The molecule has 6 nitrogen and oxygen atoms in total. The van der Waals surface area contributed by atoms with E-state index in [0.29, 0.717) is 5.82 Å². The Hall–Kier alpha value is -2.47. The molecule has 4 rings (SSSR count). The topological polar surface area (TPSA) is 67.5 Å². The van der Waals surface area contributed by atoms with Crippen molar-refractivity contribution in [3.05, 3.63) is 47.7 Å². The molecule has 1 aliphatic heterocycles. The van der Waals surface area contributed by atoms with E-state index in [4.69, 9.17) is 11.6 Å². The minimum absolute atomic E-state index is 0.280. The standard InChI is InChI=1S/C16H15ClN6/c1-10-7-12(11-3-2-4-18-9-11)14(15-19-5-6-20-15)16-21-13(8-17)22-23(10)16/h2-4,7,9H,5-6,8H2,1H3,(H,19,20). The Morgan fingerprint density at radius 1 is 1.39 bits per heavy atom. The van der Waals surface area contributed by atoms with Crippen LogP contribution in [0.3, 0.4) is 0 Å². The van der Waals surface area contributed by atoms with E-state index < -0.39 is 0 Å². The van der Waals surface area contributed by atoms with Crippen LogP contribution in [-0.4, -0.2) is 38.5 Å². The fourth-order valence-electron chi connectivity index (χ4n) is 2.83. The van der Waals surface area contributed by atoms with Crippen LogP contribution in [0, 0.1) is 6.92 Å². The Balaban J connectivity index is 2.07.